The van der Waals surface area contributed by atoms with Gasteiger partial charge in [-0.2, -0.15) is 0 Å². The van der Waals surface area contributed by atoms with Crippen LogP contribution in [0.2, 0.25) is 0 Å². The molecular formula is C16H17N. The Balaban J connectivity index is 1.93. The quantitative estimate of drug-likeness (QED) is 0.697. The first kappa shape index (κ1) is 11.6. The molecule has 86 valence electrons. The SMILES string of the molecule is C[C@@H](CN=Cc1ccccc1)c1ccccc1. The summed E-state index contributed by atoms with van der Waals surface area (Å²) in [4.78, 5) is 4.49. The maximum atomic E-state index is 4.49. The first-order valence-electron chi connectivity index (χ1n) is 5.96. The van der Waals surface area contributed by atoms with Crippen molar-refractivity contribution in [2.24, 2.45) is 4.99 Å². The fourth-order valence-electron chi connectivity index (χ4n) is 1.74. The predicted molar refractivity (Wildman–Crippen MR) is 73.8 cm³/mol. The molecule has 0 aliphatic carbocycles. The van der Waals surface area contributed by atoms with Crippen LogP contribution in [0.1, 0.15) is 24.0 Å². The van der Waals surface area contributed by atoms with E-state index in [9.17, 15) is 0 Å². The molecule has 0 saturated carbocycles. The summed E-state index contributed by atoms with van der Waals surface area (Å²) in [6.07, 6.45) is 1.94. The minimum absolute atomic E-state index is 0.469. The van der Waals surface area contributed by atoms with Crippen molar-refractivity contribution in [3.63, 3.8) is 0 Å². The molecule has 2 aromatic carbocycles. The van der Waals surface area contributed by atoms with Crippen LogP contribution < -0.4 is 0 Å². The summed E-state index contributed by atoms with van der Waals surface area (Å²) in [5, 5.41) is 0. The molecule has 1 nitrogen and oxygen atoms in total. The van der Waals surface area contributed by atoms with Gasteiger partial charge in [-0.15, -0.1) is 0 Å². The number of hydrogen-bond donors (Lipinski definition) is 0. The van der Waals surface area contributed by atoms with E-state index in [0.29, 0.717) is 5.92 Å². The van der Waals surface area contributed by atoms with Crippen molar-refractivity contribution in [3.8, 4) is 0 Å². The highest BCUT2D eigenvalue weighted by molar-refractivity contribution is 5.79. The van der Waals surface area contributed by atoms with Crippen LogP contribution in [0.15, 0.2) is 65.7 Å². The molecule has 0 N–H and O–H groups in total. The highest BCUT2D eigenvalue weighted by atomic mass is 14.7. The van der Waals surface area contributed by atoms with Crippen LogP contribution in [0, 0.1) is 0 Å². The first-order chi connectivity index (χ1) is 8.36. The molecule has 0 spiro atoms. The summed E-state index contributed by atoms with van der Waals surface area (Å²) in [5.74, 6) is 0.469. The van der Waals surface area contributed by atoms with Crippen LogP contribution in [0.3, 0.4) is 0 Å². The summed E-state index contributed by atoms with van der Waals surface area (Å²) >= 11 is 0. The maximum absolute atomic E-state index is 4.49. The van der Waals surface area contributed by atoms with Crippen molar-refractivity contribution in [2.75, 3.05) is 6.54 Å². The van der Waals surface area contributed by atoms with Gasteiger partial charge >= 0.3 is 0 Å². The molecule has 0 aliphatic heterocycles. The average molecular weight is 223 g/mol. The molecule has 0 amide bonds. The molecule has 0 bridgehead atoms. The fourth-order valence-corrected chi connectivity index (χ4v) is 1.74. The summed E-state index contributed by atoms with van der Waals surface area (Å²) in [5.41, 5.74) is 2.51. The Bertz CT molecular complexity index is 459. The van der Waals surface area contributed by atoms with Crippen LogP contribution in [0.4, 0.5) is 0 Å². The number of hydrogen-bond acceptors (Lipinski definition) is 1. The highest BCUT2D eigenvalue weighted by Crippen LogP contribution is 2.14. The lowest BCUT2D eigenvalue weighted by Crippen LogP contribution is -1.97. The van der Waals surface area contributed by atoms with Crippen molar-refractivity contribution in [1.82, 2.24) is 0 Å². The lowest BCUT2D eigenvalue weighted by Gasteiger charge is -2.07. The van der Waals surface area contributed by atoms with Crippen molar-refractivity contribution >= 4 is 6.21 Å². The van der Waals surface area contributed by atoms with Crippen molar-refractivity contribution in [1.29, 1.82) is 0 Å². The number of benzene rings is 2. The van der Waals surface area contributed by atoms with E-state index in [0.717, 1.165) is 12.1 Å². The standard InChI is InChI=1S/C16H17N/c1-14(16-10-6-3-7-11-16)12-17-13-15-8-4-2-5-9-15/h2-11,13-14H,12H2,1H3/t14-/m0/s1. The Morgan fingerprint density at radius 3 is 2.18 bits per heavy atom. The van der Waals surface area contributed by atoms with Gasteiger partial charge in [-0.1, -0.05) is 67.6 Å². The van der Waals surface area contributed by atoms with Crippen molar-refractivity contribution in [2.45, 2.75) is 12.8 Å². The van der Waals surface area contributed by atoms with E-state index in [4.69, 9.17) is 0 Å². The molecule has 0 fully saturated rings. The zero-order valence-electron chi connectivity index (χ0n) is 10.1. The third-order valence-electron chi connectivity index (χ3n) is 2.79. The van der Waals surface area contributed by atoms with E-state index < -0.39 is 0 Å². The second-order valence-corrected chi connectivity index (χ2v) is 4.22. The van der Waals surface area contributed by atoms with E-state index in [1.165, 1.54) is 5.56 Å². The Morgan fingerprint density at radius 2 is 1.53 bits per heavy atom. The Labute approximate surface area is 103 Å². The minimum atomic E-state index is 0.469. The van der Waals surface area contributed by atoms with Crippen LogP contribution in [0.25, 0.3) is 0 Å². The lowest BCUT2D eigenvalue weighted by molar-refractivity contribution is 0.778. The zero-order valence-corrected chi connectivity index (χ0v) is 10.1. The Morgan fingerprint density at radius 1 is 0.941 bits per heavy atom. The molecule has 2 aromatic rings. The monoisotopic (exact) mass is 223 g/mol. The van der Waals surface area contributed by atoms with E-state index in [-0.39, 0.29) is 0 Å². The summed E-state index contributed by atoms with van der Waals surface area (Å²) in [7, 11) is 0. The molecule has 0 unspecified atom stereocenters. The highest BCUT2D eigenvalue weighted by Gasteiger charge is 2.02. The average Bonchev–Trinajstić information content (AvgIpc) is 2.41. The second kappa shape index (κ2) is 6.00. The molecule has 0 saturated heterocycles. The Hall–Kier alpha value is -1.89. The van der Waals surface area contributed by atoms with Gasteiger partial charge in [-0.25, -0.2) is 0 Å². The molecule has 1 atom stereocenters. The van der Waals surface area contributed by atoms with Gasteiger partial charge in [-0.05, 0) is 11.1 Å². The third-order valence-corrected chi connectivity index (χ3v) is 2.79. The van der Waals surface area contributed by atoms with Crippen LogP contribution in [-0.4, -0.2) is 12.8 Å². The summed E-state index contributed by atoms with van der Waals surface area (Å²) < 4.78 is 0. The van der Waals surface area contributed by atoms with Crippen LogP contribution >= 0.6 is 0 Å². The molecule has 17 heavy (non-hydrogen) atoms. The topological polar surface area (TPSA) is 12.4 Å². The van der Waals surface area contributed by atoms with Gasteiger partial charge in [0.2, 0.25) is 0 Å². The predicted octanol–water partition coefficient (Wildman–Crippen LogP) is 3.91. The molecule has 0 aliphatic rings. The third kappa shape index (κ3) is 3.56. The van der Waals surface area contributed by atoms with Gasteiger partial charge in [0.05, 0.1) is 0 Å². The summed E-state index contributed by atoms with van der Waals surface area (Å²) in [6, 6.07) is 20.7. The molecule has 0 radical (unpaired) electrons. The maximum Gasteiger partial charge on any atom is 0.0455 e. The van der Waals surface area contributed by atoms with Gasteiger partial charge in [0.15, 0.2) is 0 Å². The molecule has 1 heteroatoms. The Kier molecular flexibility index (Phi) is 4.09. The second-order valence-electron chi connectivity index (χ2n) is 4.22. The first-order valence-corrected chi connectivity index (χ1v) is 5.96. The van der Waals surface area contributed by atoms with Gasteiger partial charge < -0.3 is 0 Å². The normalized spacial score (nSPS) is 12.8. The van der Waals surface area contributed by atoms with Crippen molar-refractivity contribution < 1.29 is 0 Å². The largest absolute Gasteiger partial charge is 0.292 e. The van der Waals surface area contributed by atoms with Crippen LogP contribution in [-0.2, 0) is 0 Å². The fraction of sp³-hybridized carbons (Fsp3) is 0.188. The van der Waals surface area contributed by atoms with Gasteiger partial charge in [-0.3, -0.25) is 4.99 Å². The number of nitrogens with zero attached hydrogens (tertiary/aromatic N) is 1. The number of aliphatic imine (C=N–C) groups is 1. The van der Waals surface area contributed by atoms with E-state index in [1.807, 2.05) is 30.5 Å². The molecule has 2 rings (SSSR count). The van der Waals surface area contributed by atoms with Gasteiger partial charge in [0.25, 0.3) is 0 Å². The van der Waals surface area contributed by atoms with Crippen LogP contribution in [0.5, 0.6) is 0 Å². The smallest absolute Gasteiger partial charge is 0.0455 e. The lowest BCUT2D eigenvalue weighted by atomic mass is 10.0. The van der Waals surface area contributed by atoms with E-state index >= 15 is 0 Å². The van der Waals surface area contributed by atoms with Gasteiger partial charge in [0, 0.05) is 18.7 Å². The van der Waals surface area contributed by atoms with E-state index in [2.05, 4.69) is 48.3 Å². The summed E-state index contributed by atoms with van der Waals surface area (Å²) in [6.45, 7) is 3.04. The number of rotatable bonds is 4. The van der Waals surface area contributed by atoms with E-state index in [1.54, 1.807) is 0 Å². The molecular weight excluding hydrogens is 206 g/mol. The minimum Gasteiger partial charge on any atom is -0.292 e. The van der Waals surface area contributed by atoms with Gasteiger partial charge in [0.1, 0.15) is 0 Å². The van der Waals surface area contributed by atoms with Crippen molar-refractivity contribution in [3.05, 3.63) is 71.8 Å². The molecule has 0 aromatic heterocycles. The zero-order chi connectivity index (χ0) is 11.9. The molecule has 0 heterocycles.